The highest BCUT2D eigenvalue weighted by atomic mass is 32.2. The van der Waals surface area contributed by atoms with Crippen LogP contribution in [0.1, 0.15) is 6.92 Å². The molecule has 1 aromatic heterocycles. The van der Waals surface area contributed by atoms with Gasteiger partial charge in [-0.2, -0.15) is 0 Å². The van der Waals surface area contributed by atoms with Gasteiger partial charge in [0.15, 0.2) is 0 Å². The number of rotatable bonds is 5. The Hall–Kier alpha value is -1.75. The van der Waals surface area contributed by atoms with Gasteiger partial charge in [-0.1, -0.05) is 23.9 Å². The van der Waals surface area contributed by atoms with Gasteiger partial charge in [-0.25, -0.2) is 9.97 Å². The highest BCUT2D eigenvalue weighted by Gasteiger charge is 2.05. The Morgan fingerprint density at radius 2 is 2.11 bits per heavy atom. The monoisotopic (exact) mass is 261 g/mol. The number of nitrogens with one attached hydrogen (secondary N) is 1. The molecular weight excluding hydrogens is 246 g/mol. The molecule has 2 rings (SSSR count). The van der Waals surface area contributed by atoms with Crippen LogP contribution in [0.15, 0.2) is 46.5 Å². The van der Waals surface area contributed by atoms with E-state index >= 15 is 0 Å². The van der Waals surface area contributed by atoms with Crippen molar-refractivity contribution in [1.82, 2.24) is 9.97 Å². The van der Waals surface area contributed by atoms with Crippen molar-refractivity contribution in [3.8, 4) is 5.75 Å². The molecule has 1 heterocycles. The van der Waals surface area contributed by atoms with Gasteiger partial charge in [0.2, 0.25) is 5.95 Å². The first-order valence-electron chi connectivity index (χ1n) is 5.71. The van der Waals surface area contributed by atoms with Crippen molar-refractivity contribution < 1.29 is 4.74 Å². The lowest BCUT2D eigenvalue weighted by Gasteiger charge is -2.07. The van der Waals surface area contributed by atoms with Crippen molar-refractivity contribution in [3.05, 3.63) is 36.5 Å². The van der Waals surface area contributed by atoms with Gasteiger partial charge in [-0.15, -0.1) is 0 Å². The standard InChI is InChI=1S/C13H15N3OS/c1-3-14-13-15-9-8-12(16-13)18-11-7-5-4-6-10(11)17-2/h4-9H,3H2,1-2H3,(H,14,15,16). The minimum Gasteiger partial charge on any atom is -0.496 e. The Balaban J connectivity index is 2.20. The summed E-state index contributed by atoms with van der Waals surface area (Å²) in [5.74, 6) is 1.50. The molecule has 0 aliphatic heterocycles. The van der Waals surface area contributed by atoms with Gasteiger partial charge < -0.3 is 10.1 Å². The molecule has 4 nitrogen and oxygen atoms in total. The SMILES string of the molecule is CCNc1nccc(Sc2ccccc2OC)n1. The zero-order chi connectivity index (χ0) is 12.8. The third-order valence-electron chi connectivity index (χ3n) is 2.25. The lowest BCUT2D eigenvalue weighted by molar-refractivity contribution is 0.405. The molecule has 0 atom stereocenters. The topological polar surface area (TPSA) is 47.0 Å². The summed E-state index contributed by atoms with van der Waals surface area (Å²) in [4.78, 5) is 9.61. The summed E-state index contributed by atoms with van der Waals surface area (Å²) < 4.78 is 5.32. The molecule has 0 aliphatic carbocycles. The number of aromatic nitrogens is 2. The predicted molar refractivity (Wildman–Crippen MR) is 73.3 cm³/mol. The number of nitrogens with zero attached hydrogens (tertiary/aromatic N) is 2. The van der Waals surface area contributed by atoms with Crippen molar-refractivity contribution in [2.75, 3.05) is 19.0 Å². The third kappa shape index (κ3) is 3.13. The van der Waals surface area contributed by atoms with E-state index < -0.39 is 0 Å². The number of para-hydroxylation sites is 1. The summed E-state index contributed by atoms with van der Waals surface area (Å²) in [7, 11) is 1.67. The van der Waals surface area contributed by atoms with Gasteiger partial charge in [0.25, 0.3) is 0 Å². The van der Waals surface area contributed by atoms with Gasteiger partial charge >= 0.3 is 0 Å². The predicted octanol–water partition coefficient (Wildman–Crippen LogP) is 3.07. The molecule has 5 heteroatoms. The molecule has 0 aliphatic rings. The number of hydrogen-bond acceptors (Lipinski definition) is 5. The maximum absolute atomic E-state index is 5.32. The average molecular weight is 261 g/mol. The van der Waals surface area contributed by atoms with Crippen LogP contribution in [0.4, 0.5) is 5.95 Å². The second kappa shape index (κ2) is 6.26. The summed E-state index contributed by atoms with van der Waals surface area (Å²) in [6, 6.07) is 9.77. The normalized spacial score (nSPS) is 10.1. The summed E-state index contributed by atoms with van der Waals surface area (Å²) >= 11 is 1.56. The molecule has 0 saturated heterocycles. The molecule has 1 N–H and O–H groups in total. The number of hydrogen-bond donors (Lipinski definition) is 1. The van der Waals surface area contributed by atoms with Gasteiger partial charge in [0, 0.05) is 12.7 Å². The number of anilines is 1. The van der Waals surface area contributed by atoms with Gasteiger partial charge in [0.05, 0.1) is 12.0 Å². The molecule has 0 radical (unpaired) electrons. The highest BCUT2D eigenvalue weighted by molar-refractivity contribution is 7.99. The smallest absolute Gasteiger partial charge is 0.223 e. The van der Waals surface area contributed by atoms with E-state index in [4.69, 9.17) is 4.74 Å². The molecule has 1 aromatic carbocycles. The minimum atomic E-state index is 0.650. The van der Waals surface area contributed by atoms with E-state index in [9.17, 15) is 0 Å². The fourth-order valence-electron chi connectivity index (χ4n) is 1.46. The molecule has 0 saturated carbocycles. The van der Waals surface area contributed by atoms with Crippen LogP contribution in [0.5, 0.6) is 5.75 Å². The van der Waals surface area contributed by atoms with Crippen LogP contribution in [0.25, 0.3) is 0 Å². The van der Waals surface area contributed by atoms with Crippen LogP contribution < -0.4 is 10.1 Å². The van der Waals surface area contributed by atoms with E-state index in [1.165, 1.54) is 0 Å². The average Bonchev–Trinajstić information content (AvgIpc) is 2.40. The second-order valence-electron chi connectivity index (χ2n) is 3.50. The van der Waals surface area contributed by atoms with Crippen LogP contribution in [0.2, 0.25) is 0 Å². The fourth-order valence-corrected chi connectivity index (χ4v) is 2.34. The first-order chi connectivity index (χ1) is 8.83. The zero-order valence-corrected chi connectivity index (χ0v) is 11.2. The van der Waals surface area contributed by atoms with Gasteiger partial charge in [-0.3, -0.25) is 0 Å². The van der Waals surface area contributed by atoms with E-state index in [2.05, 4.69) is 15.3 Å². The maximum Gasteiger partial charge on any atom is 0.223 e. The Morgan fingerprint density at radius 1 is 1.28 bits per heavy atom. The minimum absolute atomic E-state index is 0.650. The van der Waals surface area contributed by atoms with Crippen molar-refractivity contribution in [1.29, 1.82) is 0 Å². The molecule has 18 heavy (non-hydrogen) atoms. The molecule has 0 unspecified atom stereocenters. The van der Waals surface area contributed by atoms with E-state index in [0.29, 0.717) is 5.95 Å². The lowest BCUT2D eigenvalue weighted by Crippen LogP contribution is -2.01. The molecule has 0 amide bonds. The van der Waals surface area contributed by atoms with Gasteiger partial charge in [-0.05, 0) is 25.1 Å². The Morgan fingerprint density at radius 3 is 2.89 bits per heavy atom. The van der Waals surface area contributed by atoms with Crippen LogP contribution in [-0.4, -0.2) is 23.6 Å². The van der Waals surface area contributed by atoms with Crippen LogP contribution in [0, 0.1) is 0 Å². The van der Waals surface area contributed by atoms with Gasteiger partial charge in [0.1, 0.15) is 10.8 Å². The zero-order valence-electron chi connectivity index (χ0n) is 10.4. The second-order valence-corrected chi connectivity index (χ2v) is 4.56. The summed E-state index contributed by atoms with van der Waals surface area (Å²) in [5, 5.41) is 3.99. The van der Waals surface area contributed by atoms with E-state index in [0.717, 1.165) is 22.2 Å². The van der Waals surface area contributed by atoms with Crippen LogP contribution in [-0.2, 0) is 0 Å². The van der Waals surface area contributed by atoms with Crippen molar-refractivity contribution in [3.63, 3.8) is 0 Å². The molecular formula is C13H15N3OS. The van der Waals surface area contributed by atoms with Crippen molar-refractivity contribution >= 4 is 17.7 Å². The Labute approximate surface area is 111 Å². The highest BCUT2D eigenvalue weighted by Crippen LogP contribution is 2.33. The third-order valence-corrected chi connectivity index (χ3v) is 3.24. The van der Waals surface area contributed by atoms with Crippen LogP contribution >= 0.6 is 11.8 Å². The lowest BCUT2D eigenvalue weighted by atomic mass is 10.3. The number of benzene rings is 1. The first kappa shape index (κ1) is 12.7. The van der Waals surface area contributed by atoms with Crippen molar-refractivity contribution in [2.24, 2.45) is 0 Å². The summed E-state index contributed by atoms with van der Waals surface area (Å²) in [6.45, 7) is 2.83. The van der Waals surface area contributed by atoms with Crippen molar-refractivity contribution in [2.45, 2.75) is 16.8 Å². The molecule has 94 valence electrons. The number of ether oxygens (including phenoxy) is 1. The maximum atomic E-state index is 5.32. The van der Waals surface area contributed by atoms with E-state index in [-0.39, 0.29) is 0 Å². The molecule has 0 spiro atoms. The fraction of sp³-hybridized carbons (Fsp3) is 0.231. The van der Waals surface area contributed by atoms with E-state index in [1.54, 1.807) is 25.1 Å². The molecule has 0 fully saturated rings. The first-order valence-corrected chi connectivity index (χ1v) is 6.53. The Bertz CT molecular complexity index is 519. The quantitative estimate of drug-likeness (QED) is 0.838. The summed E-state index contributed by atoms with van der Waals surface area (Å²) in [6.07, 6.45) is 1.75. The largest absolute Gasteiger partial charge is 0.496 e. The van der Waals surface area contributed by atoms with Crippen LogP contribution in [0.3, 0.4) is 0 Å². The molecule has 2 aromatic rings. The van der Waals surface area contributed by atoms with E-state index in [1.807, 2.05) is 37.3 Å². The summed E-state index contributed by atoms with van der Waals surface area (Å²) in [5.41, 5.74) is 0. The Kier molecular flexibility index (Phi) is 4.41. The molecule has 0 bridgehead atoms. The number of methoxy groups -OCH3 is 1.